The van der Waals surface area contributed by atoms with Gasteiger partial charge in [-0.15, -0.1) is 11.3 Å². The molecule has 5 N–H and O–H groups in total. The minimum Gasteiger partial charge on any atom is -0.465 e. The summed E-state index contributed by atoms with van der Waals surface area (Å²) in [6.45, 7) is 3.96. The fraction of sp³-hybridized carbons (Fsp3) is 0.455. The maximum atomic E-state index is 11.7. The summed E-state index contributed by atoms with van der Waals surface area (Å²) < 4.78 is 4.66. The van der Waals surface area contributed by atoms with Crippen molar-refractivity contribution < 1.29 is 14.3 Å². The second-order valence-corrected chi connectivity index (χ2v) is 4.88. The normalized spacial score (nSPS) is 11.9. The number of hydrogen-bond donors (Lipinski definition) is 3. The number of carbonyl (C=O) groups is 2. The molecule has 1 atom stereocenters. The van der Waals surface area contributed by atoms with E-state index in [0.29, 0.717) is 5.00 Å². The first kappa shape index (κ1) is 14.3. The van der Waals surface area contributed by atoms with Crippen LogP contribution in [0.2, 0.25) is 0 Å². The predicted molar refractivity (Wildman–Crippen MR) is 72.0 cm³/mol. The SMILES string of the molecule is CCC(C)Nc1sc(C(N)=O)c(N)c1C(=O)OC. The Labute approximate surface area is 109 Å². The van der Waals surface area contributed by atoms with Crippen molar-refractivity contribution >= 4 is 33.9 Å². The molecule has 100 valence electrons. The molecule has 0 bridgehead atoms. The molecule has 0 saturated heterocycles. The summed E-state index contributed by atoms with van der Waals surface area (Å²) in [6, 6.07) is 0.146. The molecule has 1 aromatic heterocycles. The standard InChI is InChI=1S/C11H17N3O3S/c1-4-5(2)14-10-6(11(16)17-3)7(12)8(18-10)9(13)15/h5,14H,4,12H2,1-3H3,(H2,13,15). The molecule has 0 fully saturated rings. The summed E-state index contributed by atoms with van der Waals surface area (Å²) >= 11 is 1.07. The van der Waals surface area contributed by atoms with Gasteiger partial charge in [-0.3, -0.25) is 4.79 Å². The van der Waals surface area contributed by atoms with E-state index in [-0.39, 0.29) is 22.2 Å². The predicted octanol–water partition coefficient (Wildman–Crippen LogP) is 1.43. The van der Waals surface area contributed by atoms with Gasteiger partial charge in [0.2, 0.25) is 0 Å². The summed E-state index contributed by atoms with van der Waals surface area (Å²) in [5, 5.41) is 3.64. The van der Waals surface area contributed by atoms with Gasteiger partial charge in [0.1, 0.15) is 15.4 Å². The van der Waals surface area contributed by atoms with Crippen LogP contribution in [0.3, 0.4) is 0 Å². The highest BCUT2D eigenvalue weighted by molar-refractivity contribution is 7.19. The number of anilines is 2. The van der Waals surface area contributed by atoms with E-state index in [9.17, 15) is 9.59 Å². The highest BCUT2D eigenvalue weighted by Crippen LogP contribution is 2.36. The zero-order valence-electron chi connectivity index (χ0n) is 10.6. The Morgan fingerprint density at radius 1 is 1.50 bits per heavy atom. The van der Waals surface area contributed by atoms with Gasteiger partial charge in [0.15, 0.2) is 0 Å². The third-order valence-electron chi connectivity index (χ3n) is 2.55. The number of rotatable bonds is 5. The molecule has 7 heteroatoms. The Hall–Kier alpha value is -1.76. The van der Waals surface area contributed by atoms with E-state index in [2.05, 4.69) is 10.1 Å². The summed E-state index contributed by atoms with van der Waals surface area (Å²) in [6.07, 6.45) is 0.865. The molecular formula is C11H17N3O3S. The fourth-order valence-corrected chi connectivity index (χ4v) is 2.43. The van der Waals surface area contributed by atoms with E-state index < -0.39 is 11.9 Å². The quantitative estimate of drug-likeness (QED) is 0.702. The van der Waals surface area contributed by atoms with E-state index in [1.165, 1.54) is 7.11 Å². The number of esters is 1. The van der Waals surface area contributed by atoms with Gasteiger partial charge in [-0.1, -0.05) is 6.92 Å². The lowest BCUT2D eigenvalue weighted by Gasteiger charge is -2.12. The van der Waals surface area contributed by atoms with Crippen LogP contribution in [-0.4, -0.2) is 25.0 Å². The Morgan fingerprint density at radius 3 is 2.56 bits per heavy atom. The zero-order valence-corrected chi connectivity index (χ0v) is 11.4. The average molecular weight is 271 g/mol. The molecule has 1 unspecified atom stereocenters. The zero-order chi connectivity index (χ0) is 13.9. The first-order valence-corrected chi connectivity index (χ1v) is 6.30. The van der Waals surface area contributed by atoms with Gasteiger partial charge in [0.05, 0.1) is 12.8 Å². The number of amides is 1. The highest BCUT2D eigenvalue weighted by Gasteiger charge is 2.25. The van der Waals surface area contributed by atoms with Crippen LogP contribution in [0.5, 0.6) is 0 Å². The largest absolute Gasteiger partial charge is 0.465 e. The molecule has 1 amide bonds. The summed E-state index contributed by atoms with van der Waals surface area (Å²) in [4.78, 5) is 23.1. The van der Waals surface area contributed by atoms with Crippen molar-refractivity contribution in [2.75, 3.05) is 18.2 Å². The number of nitrogen functional groups attached to an aromatic ring is 1. The maximum Gasteiger partial charge on any atom is 0.343 e. The van der Waals surface area contributed by atoms with Gasteiger partial charge in [0, 0.05) is 6.04 Å². The molecule has 18 heavy (non-hydrogen) atoms. The number of carbonyl (C=O) groups excluding carboxylic acids is 2. The van der Waals surface area contributed by atoms with Gasteiger partial charge in [-0.2, -0.15) is 0 Å². The Bertz CT molecular complexity index is 470. The van der Waals surface area contributed by atoms with Crippen LogP contribution in [-0.2, 0) is 4.74 Å². The molecule has 1 aromatic rings. The minimum absolute atomic E-state index is 0.0742. The maximum absolute atomic E-state index is 11.7. The van der Waals surface area contributed by atoms with Crippen molar-refractivity contribution in [2.45, 2.75) is 26.3 Å². The summed E-state index contributed by atoms with van der Waals surface area (Å²) in [7, 11) is 1.26. The monoisotopic (exact) mass is 271 g/mol. The first-order chi connectivity index (χ1) is 8.42. The molecule has 1 heterocycles. The van der Waals surface area contributed by atoms with Gasteiger partial charge in [0.25, 0.3) is 5.91 Å². The van der Waals surface area contributed by atoms with Crippen LogP contribution in [0, 0.1) is 0 Å². The van der Waals surface area contributed by atoms with Crippen molar-refractivity contribution in [1.29, 1.82) is 0 Å². The first-order valence-electron chi connectivity index (χ1n) is 5.49. The third kappa shape index (κ3) is 2.73. The molecule has 0 radical (unpaired) electrons. The van der Waals surface area contributed by atoms with Gasteiger partial charge < -0.3 is 21.5 Å². The van der Waals surface area contributed by atoms with Crippen molar-refractivity contribution in [2.24, 2.45) is 5.73 Å². The smallest absolute Gasteiger partial charge is 0.343 e. The van der Waals surface area contributed by atoms with Crippen molar-refractivity contribution in [3.63, 3.8) is 0 Å². The lowest BCUT2D eigenvalue weighted by molar-refractivity contribution is 0.0603. The number of methoxy groups -OCH3 is 1. The van der Waals surface area contributed by atoms with E-state index in [4.69, 9.17) is 11.5 Å². The second-order valence-electron chi connectivity index (χ2n) is 3.86. The summed E-state index contributed by atoms with van der Waals surface area (Å²) in [5.41, 5.74) is 11.2. The fourth-order valence-electron chi connectivity index (χ4n) is 1.36. The van der Waals surface area contributed by atoms with Crippen molar-refractivity contribution in [1.82, 2.24) is 0 Å². The van der Waals surface area contributed by atoms with Crippen LogP contribution >= 0.6 is 11.3 Å². The Morgan fingerprint density at radius 2 is 2.11 bits per heavy atom. The Kier molecular flexibility index (Phi) is 4.55. The van der Waals surface area contributed by atoms with Gasteiger partial charge >= 0.3 is 5.97 Å². The van der Waals surface area contributed by atoms with E-state index in [1.807, 2.05) is 13.8 Å². The number of primary amides is 1. The summed E-state index contributed by atoms with van der Waals surface area (Å²) in [5.74, 6) is -1.23. The molecule has 0 aromatic carbocycles. The molecule has 0 aliphatic carbocycles. The topological polar surface area (TPSA) is 107 Å². The lowest BCUT2D eigenvalue weighted by atomic mass is 10.2. The number of nitrogens with two attached hydrogens (primary N) is 2. The second kappa shape index (κ2) is 5.72. The van der Waals surface area contributed by atoms with Crippen molar-refractivity contribution in [3.8, 4) is 0 Å². The molecule has 0 aliphatic rings. The number of thiophene rings is 1. The van der Waals surface area contributed by atoms with Crippen LogP contribution in [0.1, 0.15) is 40.3 Å². The lowest BCUT2D eigenvalue weighted by Crippen LogP contribution is -2.16. The van der Waals surface area contributed by atoms with Crippen LogP contribution in [0.15, 0.2) is 0 Å². The van der Waals surface area contributed by atoms with Gasteiger partial charge in [-0.05, 0) is 13.3 Å². The Balaban J connectivity index is 3.26. The number of hydrogen-bond acceptors (Lipinski definition) is 6. The van der Waals surface area contributed by atoms with Crippen LogP contribution in [0.4, 0.5) is 10.7 Å². The molecular weight excluding hydrogens is 254 g/mol. The van der Waals surface area contributed by atoms with Crippen LogP contribution < -0.4 is 16.8 Å². The molecule has 1 rings (SSSR count). The van der Waals surface area contributed by atoms with Gasteiger partial charge in [-0.25, -0.2) is 4.79 Å². The molecule has 6 nitrogen and oxygen atoms in total. The van der Waals surface area contributed by atoms with E-state index >= 15 is 0 Å². The highest BCUT2D eigenvalue weighted by atomic mass is 32.1. The number of nitrogens with one attached hydrogen (secondary N) is 1. The number of ether oxygens (including phenoxy) is 1. The molecule has 0 saturated carbocycles. The minimum atomic E-state index is -0.653. The van der Waals surface area contributed by atoms with Crippen LogP contribution in [0.25, 0.3) is 0 Å². The molecule has 0 aliphatic heterocycles. The third-order valence-corrected chi connectivity index (χ3v) is 3.70. The van der Waals surface area contributed by atoms with Crippen molar-refractivity contribution in [3.05, 3.63) is 10.4 Å². The van der Waals surface area contributed by atoms with E-state index in [1.54, 1.807) is 0 Å². The molecule has 0 spiro atoms. The van der Waals surface area contributed by atoms with E-state index in [0.717, 1.165) is 17.8 Å². The average Bonchev–Trinajstić information content (AvgIpc) is 2.65.